The van der Waals surface area contributed by atoms with E-state index >= 15 is 0 Å². The van der Waals surface area contributed by atoms with Gasteiger partial charge in [-0.2, -0.15) is 5.10 Å². The number of aromatic nitrogens is 4. The maximum absolute atomic E-state index is 10.6. The van der Waals surface area contributed by atoms with Gasteiger partial charge in [0, 0.05) is 18.5 Å². The highest BCUT2D eigenvalue weighted by atomic mass is 16.4. The van der Waals surface area contributed by atoms with E-state index in [9.17, 15) is 4.79 Å². The Morgan fingerprint density at radius 2 is 2.33 bits per heavy atom. The van der Waals surface area contributed by atoms with Crippen LogP contribution in [0.1, 0.15) is 16.2 Å². The number of hydrogen-bond acceptors (Lipinski definition) is 4. The van der Waals surface area contributed by atoms with Crippen LogP contribution in [0.5, 0.6) is 0 Å². The second-order valence-corrected chi connectivity index (χ2v) is 3.01. The van der Waals surface area contributed by atoms with E-state index < -0.39 is 5.97 Å². The molecule has 0 saturated carbocycles. The Labute approximate surface area is 85.2 Å². The van der Waals surface area contributed by atoms with Crippen LogP contribution in [-0.2, 0) is 0 Å². The summed E-state index contributed by atoms with van der Waals surface area (Å²) in [6.07, 6.45) is 4.82. The summed E-state index contributed by atoms with van der Waals surface area (Å²) in [4.78, 5) is 18.1. The fourth-order valence-corrected chi connectivity index (χ4v) is 1.12. The van der Waals surface area contributed by atoms with Crippen molar-refractivity contribution < 1.29 is 9.90 Å². The highest BCUT2D eigenvalue weighted by molar-refractivity contribution is 5.83. The zero-order chi connectivity index (χ0) is 10.8. The first-order valence-corrected chi connectivity index (χ1v) is 4.25. The second-order valence-electron chi connectivity index (χ2n) is 3.01. The standard InChI is InChI=1S/C9H8N4O2/c1-6-4-11-13(5-6)7-2-3-10-8(12-7)9(14)15/h2-5H,1H3,(H,14,15). The molecule has 0 radical (unpaired) electrons. The summed E-state index contributed by atoms with van der Waals surface area (Å²) >= 11 is 0. The topological polar surface area (TPSA) is 80.9 Å². The first-order chi connectivity index (χ1) is 7.16. The Bertz CT molecular complexity index is 506. The second kappa shape index (κ2) is 3.49. The largest absolute Gasteiger partial charge is 0.475 e. The highest BCUT2D eigenvalue weighted by Crippen LogP contribution is 2.04. The summed E-state index contributed by atoms with van der Waals surface area (Å²) in [6, 6.07) is 1.60. The first kappa shape index (κ1) is 9.32. The molecule has 0 saturated heterocycles. The lowest BCUT2D eigenvalue weighted by Gasteiger charge is -1.99. The maximum Gasteiger partial charge on any atom is 0.374 e. The number of carboxylic acids is 1. The van der Waals surface area contributed by atoms with E-state index in [1.807, 2.05) is 6.92 Å². The molecule has 15 heavy (non-hydrogen) atoms. The van der Waals surface area contributed by atoms with Crippen LogP contribution in [0.4, 0.5) is 0 Å². The molecular weight excluding hydrogens is 196 g/mol. The third kappa shape index (κ3) is 1.83. The van der Waals surface area contributed by atoms with Crippen LogP contribution in [0.15, 0.2) is 24.7 Å². The van der Waals surface area contributed by atoms with Crippen molar-refractivity contribution in [2.24, 2.45) is 0 Å². The Balaban J connectivity index is 2.45. The summed E-state index contributed by atoms with van der Waals surface area (Å²) in [7, 11) is 0. The summed E-state index contributed by atoms with van der Waals surface area (Å²) in [5.74, 6) is -0.947. The summed E-state index contributed by atoms with van der Waals surface area (Å²) in [5, 5.41) is 12.7. The quantitative estimate of drug-likeness (QED) is 0.777. The molecule has 0 aromatic carbocycles. The van der Waals surface area contributed by atoms with E-state index in [0.717, 1.165) is 5.56 Å². The number of rotatable bonds is 2. The molecule has 2 rings (SSSR count). The lowest BCUT2D eigenvalue weighted by atomic mass is 10.4. The Hall–Kier alpha value is -2.24. The van der Waals surface area contributed by atoms with E-state index in [4.69, 9.17) is 5.11 Å². The van der Waals surface area contributed by atoms with E-state index in [1.54, 1.807) is 18.5 Å². The Morgan fingerprint density at radius 3 is 2.93 bits per heavy atom. The van der Waals surface area contributed by atoms with Gasteiger partial charge in [-0.1, -0.05) is 0 Å². The lowest BCUT2D eigenvalue weighted by molar-refractivity contribution is 0.0683. The Morgan fingerprint density at radius 1 is 1.53 bits per heavy atom. The molecule has 0 bridgehead atoms. The van der Waals surface area contributed by atoms with Crippen LogP contribution >= 0.6 is 0 Å². The molecule has 0 spiro atoms. The smallest absolute Gasteiger partial charge is 0.374 e. The van der Waals surface area contributed by atoms with Gasteiger partial charge in [-0.15, -0.1) is 0 Å². The lowest BCUT2D eigenvalue weighted by Crippen LogP contribution is -2.07. The number of carbonyl (C=O) groups is 1. The van der Waals surface area contributed by atoms with Gasteiger partial charge in [0.1, 0.15) is 0 Å². The monoisotopic (exact) mass is 204 g/mol. The fraction of sp³-hybridized carbons (Fsp3) is 0.111. The van der Waals surface area contributed by atoms with Crippen LogP contribution in [-0.4, -0.2) is 30.8 Å². The van der Waals surface area contributed by atoms with Crippen LogP contribution in [0.25, 0.3) is 5.82 Å². The molecule has 0 aliphatic heterocycles. The van der Waals surface area contributed by atoms with E-state index in [2.05, 4.69) is 15.1 Å². The van der Waals surface area contributed by atoms with Gasteiger partial charge in [-0.3, -0.25) is 0 Å². The van der Waals surface area contributed by atoms with Gasteiger partial charge >= 0.3 is 5.97 Å². The minimum Gasteiger partial charge on any atom is -0.475 e. The zero-order valence-corrected chi connectivity index (χ0v) is 7.95. The van der Waals surface area contributed by atoms with Crippen LogP contribution in [0.3, 0.4) is 0 Å². The van der Waals surface area contributed by atoms with Gasteiger partial charge in [0.15, 0.2) is 5.82 Å². The van der Waals surface area contributed by atoms with E-state index in [1.165, 1.54) is 10.9 Å². The van der Waals surface area contributed by atoms with Crippen molar-refractivity contribution in [2.75, 3.05) is 0 Å². The summed E-state index contributed by atoms with van der Waals surface area (Å²) in [5.41, 5.74) is 0.977. The average Bonchev–Trinajstić information content (AvgIpc) is 2.65. The van der Waals surface area contributed by atoms with Gasteiger partial charge in [-0.05, 0) is 12.5 Å². The van der Waals surface area contributed by atoms with Crippen molar-refractivity contribution in [2.45, 2.75) is 6.92 Å². The molecule has 0 fully saturated rings. The number of hydrogen-bond donors (Lipinski definition) is 1. The minimum atomic E-state index is -1.15. The molecule has 2 aromatic rings. The van der Waals surface area contributed by atoms with Gasteiger partial charge in [0.2, 0.25) is 5.82 Å². The molecule has 2 aromatic heterocycles. The SMILES string of the molecule is Cc1cnn(-c2ccnc(C(=O)O)n2)c1. The highest BCUT2D eigenvalue weighted by Gasteiger charge is 2.08. The van der Waals surface area contributed by atoms with Crippen LogP contribution < -0.4 is 0 Å². The van der Waals surface area contributed by atoms with Crippen LogP contribution in [0, 0.1) is 6.92 Å². The van der Waals surface area contributed by atoms with Crippen molar-refractivity contribution in [1.82, 2.24) is 19.7 Å². The predicted molar refractivity (Wildman–Crippen MR) is 50.9 cm³/mol. The normalized spacial score (nSPS) is 10.2. The van der Waals surface area contributed by atoms with Crippen molar-refractivity contribution in [3.05, 3.63) is 36.0 Å². The van der Waals surface area contributed by atoms with Gasteiger partial charge in [0.25, 0.3) is 0 Å². The van der Waals surface area contributed by atoms with Gasteiger partial charge in [0.05, 0.1) is 6.20 Å². The van der Waals surface area contributed by atoms with E-state index in [-0.39, 0.29) is 5.82 Å². The fourth-order valence-electron chi connectivity index (χ4n) is 1.12. The molecule has 0 aliphatic carbocycles. The molecule has 0 aliphatic rings. The summed E-state index contributed by atoms with van der Waals surface area (Å²) in [6.45, 7) is 1.89. The molecule has 6 nitrogen and oxygen atoms in total. The van der Waals surface area contributed by atoms with Gasteiger partial charge in [-0.25, -0.2) is 19.4 Å². The number of aryl methyl sites for hydroxylation is 1. The molecule has 0 unspecified atom stereocenters. The number of carboxylic acid groups (broad SMARTS) is 1. The predicted octanol–water partition coefficient (Wildman–Crippen LogP) is 0.669. The minimum absolute atomic E-state index is 0.236. The average molecular weight is 204 g/mol. The van der Waals surface area contributed by atoms with Crippen molar-refractivity contribution in [1.29, 1.82) is 0 Å². The first-order valence-electron chi connectivity index (χ1n) is 4.25. The molecule has 1 N–H and O–H groups in total. The third-order valence-electron chi connectivity index (χ3n) is 1.78. The summed E-state index contributed by atoms with van der Waals surface area (Å²) < 4.78 is 1.50. The molecular formula is C9H8N4O2. The molecule has 6 heteroatoms. The van der Waals surface area contributed by atoms with Crippen molar-refractivity contribution in [3.63, 3.8) is 0 Å². The molecule has 0 amide bonds. The Kier molecular flexibility index (Phi) is 2.17. The number of nitrogens with zero attached hydrogens (tertiary/aromatic N) is 4. The zero-order valence-electron chi connectivity index (χ0n) is 7.95. The van der Waals surface area contributed by atoms with Crippen molar-refractivity contribution in [3.8, 4) is 5.82 Å². The molecule has 2 heterocycles. The maximum atomic E-state index is 10.6. The molecule has 76 valence electrons. The molecule has 0 atom stereocenters. The van der Waals surface area contributed by atoms with Crippen LogP contribution in [0.2, 0.25) is 0 Å². The number of aromatic carboxylic acids is 1. The van der Waals surface area contributed by atoms with Crippen molar-refractivity contribution >= 4 is 5.97 Å². The van der Waals surface area contributed by atoms with Gasteiger partial charge < -0.3 is 5.11 Å². The van der Waals surface area contributed by atoms with E-state index in [0.29, 0.717) is 5.82 Å². The third-order valence-corrected chi connectivity index (χ3v) is 1.78.